The Morgan fingerprint density at radius 2 is 1.76 bits per heavy atom. The monoisotopic (exact) mass is 325 g/mol. The van der Waals surface area contributed by atoms with Gasteiger partial charge in [-0.25, -0.2) is 13.2 Å². The van der Waals surface area contributed by atoms with Crippen molar-refractivity contribution >= 4 is 33.3 Å². The maximum atomic E-state index is 12.6. The molecular formula is C14H12ClNO4S. The van der Waals surface area contributed by atoms with Gasteiger partial charge in [0.15, 0.2) is 0 Å². The Hall–Kier alpha value is -2.05. The molecule has 0 fully saturated rings. The zero-order valence-electron chi connectivity index (χ0n) is 11.0. The molecule has 0 spiro atoms. The third-order valence-corrected chi connectivity index (χ3v) is 4.99. The summed E-state index contributed by atoms with van der Waals surface area (Å²) < 4.78 is 26.2. The third-order valence-electron chi connectivity index (χ3n) is 2.93. The van der Waals surface area contributed by atoms with Gasteiger partial charge in [-0.3, -0.25) is 4.31 Å². The van der Waals surface area contributed by atoms with E-state index in [1.807, 2.05) is 0 Å². The molecular weight excluding hydrogens is 314 g/mol. The van der Waals surface area contributed by atoms with Gasteiger partial charge in [-0.1, -0.05) is 29.8 Å². The summed E-state index contributed by atoms with van der Waals surface area (Å²) in [5.74, 6) is -1.33. The molecule has 0 aromatic heterocycles. The van der Waals surface area contributed by atoms with Crippen LogP contribution in [0.2, 0.25) is 5.02 Å². The molecule has 0 saturated carbocycles. The molecule has 5 nitrogen and oxygen atoms in total. The Kier molecular flexibility index (Phi) is 4.20. The number of hydrogen-bond donors (Lipinski definition) is 1. The van der Waals surface area contributed by atoms with Crippen LogP contribution < -0.4 is 4.31 Å². The molecule has 0 aliphatic carbocycles. The second-order valence-corrected chi connectivity index (χ2v) is 6.63. The molecule has 0 aliphatic heterocycles. The molecule has 0 amide bonds. The molecule has 0 heterocycles. The molecule has 0 aliphatic rings. The van der Waals surface area contributed by atoms with Gasteiger partial charge in [-0.05, 0) is 30.3 Å². The van der Waals surface area contributed by atoms with Gasteiger partial charge in [-0.15, -0.1) is 0 Å². The second-order valence-electron chi connectivity index (χ2n) is 4.25. The van der Waals surface area contributed by atoms with E-state index < -0.39 is 16.0 Å². The first-order valence-corrected chi connectivity index (χ1v) is 7.72. The largest absolute Gasteiger partial charge is 0.478 e. The van der Waals surface area contributed by atoms with Gasteiger partial charge in [-0.2, -0.15) is 0 Å². The predicted molar refractivity (Wildman–Crippen MR) is 80.4 cm³/mol. The number of anilines is 1. The van der Waals surface area contributed by atoms with Crippen molar-refractivity contribution in [1.29, 1.82) is 0 Å². The van der Waals surface area contributed by atoms with Gasteiger partial charge in [0.05, 0.1) is 11.3 Å². The number of rotatable bonds is 4. The number of sulfonamides is 1. The summed E-state index contributed by atoms with van der Waals surface area (Å²) in [7, 11) is -2.66. The minimum absolute atomic E-state index is 0.153. The Balaban J connectivity index is 2.59. The molecule has 0 saturated heterocycles. The van der Waals surface area contributed by atoms with Gasteiger partial charge in [0.1, 0.15) is 4.90 Å². The number of aromatic carboxylic acids is 1. The van der Waals surface area contributed by atoms with Crippen molar-refractivity contribution in [2.45, 2.75) is 4.90 Å². The van der Waals surface area contributed by atoms with E-state index >= 15 is 0 Å². The quantitative estimate of drug-likeness (QED) is 0.938. The summed E-state index contributed by atoms with van der Waals surface area (Å²) >= 11 is 5.80. The van der Waals surface area contributed by atoms with Gasteiger partial charge >= 0.3 is 5.97 Å². The first kappa shape index (κ1) is 15.3. The van der Waals surface area contributed by atoms with E-state index in [1.54, 1.807) is 30.3 Å². The molecule has 7 heteroatoms. The highest BCUT2D eigenvalue weighted by Gasteiger charge is 2.27. The first-order valence-electron chi connectivity index (χ1n) is 5.91. The van der Waals surface area contributed by atoms with Crippen LogP contribution in [0.3, 0.4) is 0 Å². The number of carbonyl (C=O) groups is 1. The van der Waals surface area contributed by atoms with Crippen LogP contribution in [0.4, 0.5) is 5.69 Å². The van der Waals surface area contributed by atoms with Gasteiger partial charge < -0.3 is 5.11 Å². The smallest absolute Gasteiger partial charge is 0.337 e. The molecule has 0 radical (unpaired) electrons. The fourth-order valence-electron chi connectivity index (χ4n) is 1.81. The highest BCUT2D eigenvalue weighted by Crippen LogP contribution is 2.26. The predicted octanol–water partition coefficient (Wildman–Crippen LogP) is 2.86. The number of carboxylic acid groups (broad SMARTS) is 1. The first-order chi connectivity index (χ1) is 9.84. The molecule has 21 heavy (non-hydrogen) atoms. The summed E-state index contributed by atoms with van der Waals surface area (Å²) in [6, 6.07) is 12.0. The summed E-state index contributed by atoms with van der Waals surface area (Å²) in [6.07, 6.45) is 0. The van der Waals surface area contributed by atoms with Crippen molar-refractivity contribution in [2.75, 3.05) is 11.4 Å². The van der Waals surface area contributed by atoms with E-state index in [0.717, 1.165) is 10.4 Å². The Morgan fingerprint density at radius 3 is 2.33 bits per heavy atom. The second kappa shape index (κ2) is 5.75. The molecule has 0 unspecified atom stereocenters. The van der Waals surface area contributed by atoms with Gasteiger partial charge in [0.2, 0.25) is 0 Å². The molecule has 0 atom stereocenters. The lowest BCUT2D eigenvalue weighted by molar-refractivity contribution is 0.0692. The van der Waals surface area contributed by atoms with Crippen molar-refractivity contribution in [2.24, 2.45) is 0 Å². The standard InChI is InChI=1S/C14H12ClNO4S/c1-16(11-5-3-2-4-6-11)21(19,20)13-9-10(15)7-8-12(13)14(17)18/h2-9H,1H3,(H,17,18). The van der Waals surface area contributed by atoms with Crippen LogP contribution in [-0.4, -0.2) is 26.5 Å². The number of para-hydroxylation sites is 1. The molecule has 2 aromatic rings. The number of nitrogens with zero attached hydrogens (tertiary/aromatic N) is 1. The SMILES string of the molecule is CN(c1ccccc1)S(=O)(=O)c1cc(Cl)ccc1C(=O)O. The summed E-state index contributed by atoms with van der Waals surface area (Å²) in [5, 5.41) is 9.30. The minimum atomic E-state index is -4.02. The number of hydrogen-bond acceptors (Lipinski definition) is 3. The van der Waals surface area contributed by atoms with Gasteiger partial charge in [0.25, 0.3) is 10.0 Å². The van der Waals surface area contributed by atoms with Crippen LogP contribution in [0.15, 0.2) is 53.4 Å². The van der Waals surface area contributed by atoms with E-state index in [0.29, 0.717) is 5.69 Å². The van der Waals surface area contributed by atoms with Crippen LogP contribution in [0, 0.1) is 0 Å². The Morgan fingerprint density at radius 1 is 1.14 bits per heavy atom. The Labute approximate surface area is 127 Å². The Bertz CT molecular complexity index is 775. The van der Waals surface area contributed by atoms with Crippen LogP contribution >= 0.6 is 11.6 Å². The highest BCUT2D eigenvalue weighted by atomic mass is 35.5. The van der Waals surface area contributed by atoms with Crippen LogP contribution in [-0.2, 0) is 10.0 Å². The summed E-state index contributed by atoms with van der Waals surface area (Å²) in [6.45, 7) is 0. The fourth-order valence-corrected chi connectivity index (χ4v) is 3.45. The number of halogens is 1. The lowest BCUT2D eigenvalue weighted by atomic mass is 10.2. The maximum Gasteiger partial charge on any atom is 0.337 e. The molecule has 0 bridgehead atoms. The summed E-state index contributed by atoms with van der Waals surface area (Å²) in [4.78, 5) is 10.9. The lowest BCUT2D eigenvalue weighted by Gasteiger charge is -2.20. The highest BCUT2D eigenvalue weighted by molar-refractivity contribution is 7.92. The van der Waals surface area contributed by atoms with Crippen molar-refractivity contribution in [3.63, 3.8) is 0 Å². The number of benzene rings is 2. The van der Waals surface area contributed by atoms with E-state index in [1.165, 1.54) is 19.2 Å². The molecule has 1 N–H and O–H groups in total. The molecule has 2 rings (SSSR count). The topological polar surface area (TPSA) is 74.7 Å². The van der Waals surface area contributed by atoms with Gasteiger partial charge in [0, 0.05) is 12.1 Å². The number of carboxylic acids is 1. The van der Waals surface area contributed by atoms with E-state index in [9.17, 15) is 13.2 Å². The normalized spacial score (nSPS) is 11.1. The third kappa shape index (κ3) is 3.01. The average Bonchev–Trinajstić information content (AvgIpc) is 2.47. The molecule has 110 valence electrons. The molecule has 2 aromatic carbocycles. The zero-order chi connectivity index (χ0) is 15.6. The van der Waals surface area contributed by atoms with Crippen LogP contribution in [0.1, 0.15) is 10.4 Å². The van der Waals surface area contributed by atoms with Crippen LogP contribution in [0.25, 0.3) is 0 Å². The average molecular weight is 326 g/mol. The van der Waals surface area contributed by atoms with Crippen molar-refractivity contribution in [3.8, 4) is 0 Å². The summed E-state index contributed by atoms with van der Waals surface area (Å²) in [5.41, 5.74) is 0.107. The van der Waals surface area contributed by atoms with E-state index in [-0.39, 0.29) is 15.5 Å². The van der Waals surface area contributed by atoms with E-state index in [2.05, 4.69) is 0 Å². The van der Waals surface area contributed by atoms with Crippen molar-refractivity contribution < 1.29 is 18.3 Å². The van der Waals surface area contributed by atoms with Crippen molar-refractivity contribution in [3.05, 3.63) is 59.1 Å². The van der Waals surface area contributed by atoms with E-state index in [4.69, 9.17) is 16.7 Å². The van der Waals surface area contributed by atoms with Crippen LogP contribution in [0.5, 0.6) is 0 Å². The fraction of sp³-hybridized carbons (Fsp3) is 0.0714. The minimum Gasteiger partial charge on any atom is -0.478 e. The zero-order valence-corrected chi connectivity index (χ0v) is 12.6. The van der Waals surface area contributed by atoms with Crippen molar-refractivity contribution in [1.82, 2.24) is 0 Å². The lowest BCUT2D eigenvalue weighted by Crippen LogP contribution is -2.28. The maximum absolute atomic E-state index is 12.6.